The molecule has 0 aliphatic heterocycles. The summed E-state index contributed by atoms with van der Waals surface area (Å²) in [5.41, 5.74) is 0.832. The molecule has 5 heteroatoms. The molecule has 104 valence electrons. The van der Waals surface area contributed by atoms with Crippen molar-refractivity contribution in [3.63, 3.8) is 0 Å². The fourth-order valence-corrected chi connectivity index (χ4v) is 1.75. The van der Waals surface area contributed by atoms with Gasteiger partial charge in [0.25, 0.3) is 0 Å². The predicted octanol–water partition coefficient (Wildman–Crippen LogP) is 2.21. The van der Waals surface area contributed by atoms with Gasteiger partial charge in [0.2, 0.25) is 5.91 Å². The van der Waals surface area contributed by atoms with Crippen LogP contribution in [-0.2, 0) is 9.59 Å². The Morgan fingerprint density at radius 2 is 1.95 bits per heavy atom. The monoisotopic (exact) mass is 265 g/mol. The number of carbonyl (C=O) groups excluding carboxylic acids is 1. The molecule has 1 rings (SSSR count). The van der Waals surface area contributed by atoms with Gasteiger partial charge in [-0.2, -0.15) is 0 Å². The van der Waals surface area contributed by atoms with Crippen LogP contribution in [0.25, 0.3) is 0 Å². The number of hydrogen-bond acceptors (Lipinski definition) is 3. The highest BCUT2D eigenvalue weighted by molar-refractivity contribution is 5.76. The minimum Gasteiger partial charge on any atom is -0.508 e. The highest BCUT2D eigenvalue weighted by atomic mass is 16.4. The summed E-state index contributed by atoms with van der Waals surface area (Å²) in [5.74, 6) is -0.783. The average Bonchev–Trinajstić information content (AvgIpc) is 2.34. The van der Waals surface area contributed by atoms with E-state index in [1.54, 1.807) is 18.2 Å². The first-order valence-corrected chi connectivity index (χ1v) is 6.29. The third kappa shape index (κ3) is 5.90. The van der Waals surface area contributed by atoms with Crippen LogP contribution < -0.4 is 5.32 Å². The van der Waals surface area contributed by atoms with Gasteiger partial charge < -0.3 is 15.5 Å². The minimum absolute atomic E-state index is 0.0927. The number of rotatable bonds is 7. The fourth-order valence-electron chi connectivity index (χ4n) is 1.75. The third-order valence-electron chi connectivity index (χ3n) is 2.79. The molecule has 5 nitrogen and oxygen atoms in total. The number of nitrogens with one attached hydrogen (secondary N) is 1. The highest BCUT2D eigenvalue weighted by Crippen LogP contribution is 2.17. The lowest BCUT2D eigenvalue weighted by Crippen LogP contribution is -2.26. The molecule has 0 fully saturated rings. The summed E-state index contributed by atoms with van der Waals surface area (Å²) in [6.45, 7) is 1.84. The van der Waals surface area contributed by atoms with Crippen molar-refractivity contribution in [3.8, 4) is 5.75 Å². The number of carboxylic acid groups (broad SMARTS) is 1. The zero-order chi connectivity index (χ0) is 14.3. The second-order valence-electron chi connectivity index (χ2n) is 4.49. The van der Waals surface area contributed by atoms with E-state index < -0.39 is 5.97 Å². The molecule has 0 aliphatic rings. The van der Waals surface area contributed by atoms with Gasteiger partial charge in [0.05, 0.1) is 6.04 Å². The Bertz CT molecular complexity index is 445. The molecule has 1 aromatic rings. The van der Waals surface area contributed by atoms with Gasteiger partial charge >= 0.3 is 5.97 Å². The Morgan fingerprint density at radius 1 is 1.26 bits per heavy atom. The zero-order valence-electron chi connectivity index (χ0n) is 10.9. The lowest BCUT2D eigenvalue weighted by molar-refractivity contribution is -0.137. The highest BCUT2D eigenvalue weighted by Gasteiger charge is 2.10. The van der Waals surface area contributed by atoms with Crippen molar-refractivity contribution >= 4 is 11.9 Å². The Morgan fingerprint density at radius 3 is 2.58 bits per heavy atom. The molecule has 0 spiro atoms. The molecule has 1 atom stereocenters. The van der Waals surface area contributed by atoms with Crippen molar-refractivity contribution in [1.29, 1.82) is 0 Å². The minimum atomic E-state index is -0.839. The van der Waals surface area contributed by atoms with Crippen LogP contribution in [0.2, 0.25) is 0 Å². The lowest BCUT2D eigenvalue weighted by Gasteiger charge is -2.14. The average molecular weight is 265 g/mol. The van der Waals surface area contributed by atoms with Gasteiger partial charge in [0.1, 0.15) is 5.75 Å². The standard InChI is InChI=1S/C14H19NO4/c1-10(11-5-4-6-12(16)9-11)15-13(17)7-2-3-8-14(18)19/h4-6,9-10,16H,2-3,7-8H2,1H3,(H,15,17)(H,18,19). The number of phenols is 1. The molecule has 0 radical (unpaired) electrons. The zero-order valence-corrected chi connectivity index (χ0v) is 10.9. The molecule has 0 aliphatic carbocycles. The topological polar surface area (TPSA) is 86.6 Å². The number of aliphatic carboxylic acids is 1. The van der Waals surface area contributed by atoms with E-state index in [0.29, 0.717) is 19.3 Å². The Balaban J connectivity index is 2.34. The maximum Gasteiger partial charge on any atom is 0.303 e. The molecule has 1 aromatic carbocycles. The summed E-state index contributed by atoms with van der Waals surface area (Å²) >= 11 is 0. The van der Waals surface area contributed by atoms with Gasteiger partial charge in [-0.1, -0.05) is 12.1 Å². The number of amides is 1. The first-order chi connectivity index (χ1) is 8.99. The Labute approximate surface area is 112 Å². The van der Waals surface area contributed by atoms with Crippen molar-refractivity contribution in [3.05, 3.63) is 29.8 Å². The van der Waals surface area contributed by atoms with Crippen LogP contribution in [0.3, 0.4) is 0 Å². The van der Waals surface area contributed by atoms with Gasteiger partial charge in [0, 0.05) is 12.8 Å². The largest absolute Gasteiger partial charge is 0.508 e. The van der Waals surface area contributed by atoms with Crippen molar-refractivity contribution in [2.75, 3.05) is 0 Å². The predicted molar refractivity (Wildman–Crippen MR) is 70.8 cm³/mol. The molecule has 0 aromatic heterocycles. The van der Waals surface area contributed by atoms with Crippen LogP contribution in [0.1, 0.15) is 44.2 Å². The van der Waals surface area contributed by atoms with E-state index in [0.717, 1.165) is 5.56 Å². The van der Waals surface area contributed by atoms with Crippen molar-refractivity contribution < 1.29 is 19.8 Å². The van der Waals surface area contributed by atoms with E-state index in [4.69, 9.17) is 5.11 Å². The number of hydrogen-bond donors (Lipinski definition) is 3. The third-order valence-corrected chi connectivity index (χ3v) is 2.79. The van der Waals surface area contributed by atoms with Gasteiger partial charge in [-0.3, -0.25) is 9.59 Å². The quantitative estimate of drug-likeness (QED) is 0.660. The SMILES string of the molecule is CC(NC(=O)CCCCC(=O)O)c1cccc(O)c1. The molecule has 1 amide bonds. The van der Waals surface area contributed by atoms with Crippen LogP contribution >= 0.6 is 0 Å². The van der Waals surface area contributed by atoms with Crippen LogP contribution in [0.4, 0.5) is 0 Å². The van der Waals surface area contributed by atoms with E-state index in [2.05, 4.69) is 5.32 Å². The van der Waals surface area contributed by atoms with Crippen LogP contribution in [0, 0.1) is 0 Å². The number of carbonyl (C=O) groups is 2. The van der Waals surface area contributed by atoms with E-state index in [1.807, 2.05) is 13.0 Å². The van der Waals surface area contributed by atoms with Crippen molar-refractivity contribution in [2.24, 2.45) is 0 Å². The summed E-state index contributed by atoms with van der Waals surface area (Å²) in [7, 11) is 0. The summed E-state index contributed by atoms with van der Waals surface area (Å²) in [6.07, 6.45) is 1.47. The molecule has 19 heavy (non-hydrogen) atoms. The van der Waals surface area contributed by atoms with Gasteiger partial charge in [-0.15, -0.1) is 0 Å². The molecular weight excluding hydrogens is 246 g/mol. The summed E-state index contributed by atoms with van der Waals surface area (Å²) in [4.78, 5) is 21.9. The summed E-state index contributed by atoms with van der Waals surface area (Å²) < 4.78 is 0. The van der Waals surface area contributed by atoms with Gasteiger partial charge in [-0.05, 0) is 37.5 Å². The maximum atomic E-state index is 11.6. The van der Waals surface area contributed by atoms with Gasteiger partial charge in [0.15, 0.2) is 0 Å². The first kappa shape index (κ1) is 15.0. The molecule has 0 saturated heterocycles. The molecule has 3 N–H and O–H groups in total. The van der Waals surface area contributed by atoms with Crippen LogP contribution in [-0.4, -0.2) is 22.1 Å². The van der Waals surface area contributed by atoms with Gasteiger partial charge in [-0.25, -0.2) is 0 Å². The maximum absolute atomic E-state index is 11.6. The van der Waals surface area contributed by atoms with Crippen molar-refractivity contribution in [2.45, 2.75) is 38.6 Å². The van der Waals surface area contributed by atoms with E-state index in [1.165, 1.54) is 0 Å². The Kier molecular flexibility index (Phi) is 5.85. The molecule has 1 unspecified atom stereocenters. The summed E-state index contributed by atoms with van der Waals surface area (Å²) in [6, 6.07) is 6.55. The number of carboxylic acids is 1. The second kappa shape index (κ2) is 7.41. The van der Waals surface area contributed by atoms with E-state index >= 15 is 0 Å². The normalized spacial score (nSPS) is 11.8. The fraction of sp³-hybridized carbons (Fsp3) is 0.429. The molecule has 0 bridgehead atoms. The molecular formula is C14H19NO4. The molecule has 0 saturated carbocycles. The smallest absolute Gasteiger partial charge is 0.303 e. The summed E-state index contributed by atoms with van der Waals surface area (Å²) in [5, 5.41) is 20.6. The van der Waals surface area contributed by atoms with E-state index in [-0.39, 0.29) is 24.1 Å². The van der Waals surface area contributed by atoms with Crippen LogP contribution in [0.5, 0.6) is 5.75 Å². The van der Waals surface area contributed by atoms with E-state index in [9.17, 15) is 14.7 Å². The molecule has 0 heterocycles. The number of aromatic hydroxyl groups is 1. The number of unbranched alkanes of at least 4 members (excludes halogenated alkanes) is 1. The number of benzene rings is 1. The lowest BCUT2D eigenvalue weighted by atomic mass is 10.1. The Hall–Kier alpha value is -2.04. The number of phenolic OH excluding ortho intramolecular Hbond substituents is 1. The van der Waals surface area contributed by atoms with Crippen LogP contribution in [0.15, 0.2) is 24.3 Å². The van der Waals surface area contributed by atoms with Crippen molar-refractivity contribution in [1.82, 2.24) is 5.32 Å². The second-order valence-corrected chi connectivity index (χ2v) is 4.49. The first-order valence-electron chi connectivity index (χ1n) is 6.29.